The highest BCUT2D eigenvalue weighted by atomic mass is 16.2. The molecule has 0 saturated heterocycles. The van der Waals surface area contributed by atoms with Gasteiger partial charge in [0.15, 0.2) is 0 Å². The van der Waals surface area contributed by atoms with Crippen molar-refractivity contribution in [2.45, 2.75) is 38.3 Å². The van der Waals surface area contributed by atoms with E-state index in [4.69, 9.17) is 0 Å². The number of rotatable bonds is 2. The Morgan fingerprint density at radius 1 is 1.33 bits per heavy atom. The van der Waals surface area contributed by atoms with Gasteiger partial charge in [-0.05, 0) is 43.4 Å². The molecule has 7 nitrogen and oxygen atoms in total. The van der Waals surface area contributed by atoms with Crippen molar-refractivity contribution in [2.75, 3.05) is 5.32 Å². The van der Waals surface area contributed by atoms with Gasteiger partial charge in [-0.1, -0.05) is 13.3 Å². The number of carbonyl (C=O) groups is 1. The maximum atomic E-state index is 13.1. The average Bonchev–Trinajstić information content (AvgIpc) is 2.83. The van der Waals surface area contributed by atoms with Crippen molar-refractivity contribution in [3.05, 3.63) is 46.8 Å². The minimum atomic E-state index is -0.593. The van der Waals surface area contributed by atoms with E-state index in [1.807, 2.05) is 0 Å². The maximum absolute atomic E-state index is 13.1. The van der Waals surface area contributed by atoms with Gasteiger partial charge in [0.25, 0.3) is 11.5 Å². The van der Waals surface area contributed by atoms with Gasteiger partial charge in [-0.15, -0.1) is 0 Å². The van der Waals surface area contributed by atoms with E-state index in [9.17, 15) is 9.59 Å². The van der Waals surface area contributed by atoms with Crippen LogP contribution >= 0.6 is 0 Å². The fourth-order valence-corrected chi connectivity index (χ4v) is 3.91. The molecule has 0 aromatic carbocycles. The van der Waals surface area contributed by atoms with Gasteiger partial charge in [-0.2, -0.15) is 0 Å². The lowest BCUT2D eigenvalue weighted by Crippen LogP contribution is -2.50. The van der Waals surface area contributed by atoms with Crippen LogP contribution in [0.1, 0.15) is 43.1 Å². The molecule has 4 rings (SSSR count). The number of carbonyl (C=O) groups excluding carboxylic acids is 1. The summed E-state index contributed by atoms with van der Waals surface area (Å²) >= 11 is 0. The summed E-state index contributed by atoms with van der Waals surface area (Å²) in [5.41, 5.74) is 0.0531. The molecule has 2 aromatic heterocycles. The van der Waals surface area contributed by atoms with Crippen LogP contribution < -0.4 is 16.2 Å². The van der Waals surface area contributed by atoms with E-state index in [0.29, 0.717) is 23.1 Å². The van der Waals surface area contributed by atoms with E-state index in [1.54, 1.807) is 29.0 Å². The predicted molar refractivity (Wildman–Crippen MR) is 89.1 cm³/mol. The molecule has 2 aliphatic rings. The first-order valence-corrected chi connectivity index (χ1v) is 8.21. The Morgan fingerprint density at radius 2 is 2.21 bits per heavy atom. The van der Waals surface area contributed by atoms with Gasteiger partial charge in [0, 0.05) is 6.20 Å². The lowest BCUT2D eigenvalue weighted by molar-refractivity contribution is 0.0833. The van der Waals surface area contributed by atoms with Gasteiger partial charge < -0.3 is 10.6 Å². The molecule has 1 aliphatic heterocycles. The number of amides is 1. The summed E-state index contributed by atoms with van der Waals surface area (Å²) in [4.78, 5) is 33.4. The number of fused-ring (bicyclic) bond motifs is 2. The predicted octanol–water partition coefficient (Wildman–Crippen LogP) is 1.99. The minimum absolute atomic E-state index is 0.171. The van der Waals surface area contributed by atoms with Crippen LogP contribution in [0.15, 0.2) is 35.5 Å². The Labute approximate surface area is 139 Å². The number of nitrogens with zero attached hydrogens (tertiary/aromatic N) is 3. The lowest BCUT2D eigenvalue weighted by Gasteiger charge is -2.38. The highest BCUT2D eigenvalue weighted by Gasteiger charge is 2.45. The molecule has 24 heavy (non-hydrogen) atoms. The number of hydrogen-bond donors (Lipinski definition) is 2. The molecule has 2 aromatic rings. The van der Waals surface area contributed by atoms with Gasteiger partial charge in [0.05, 0.1) is 0 Å². The number of pyridine rings is 1. The van der Waals surface area contributed by atoms with E-state index in [0.717, 1.165) is 25.7 Å². The van der Waals surface area contributed by atoms with Crippen LogP contribution in [-0.2, 0) is 5.66 Å². The summed E-state index contributed by atoms with van der Waals surface area (Å²) in [6, 6.07) is 5.04. The molecule has 1 saturated carbocycles. The topological polar surface area (TPSA) is 88.9 Å². The quantitative estimate of drug-likeness (QED) is 0.881. The van der Waals surface area contributed by atoms with Crippen molar-refractivity contribution in [3.8, 4) is 0 Å². The van der Waals surface area contributed by atoms with Crippen LogP contribution in [0.5, 0.6) is 0 Å². The summed E-state index contributed by atoms with van der Waals surface area (Å²) in [7, 11) is 0. The zero-order chi connectivity index (χ0) is 16.7. The van der Waals surface area contributed by atoms with Gasteiger partial charge in [-0.3, -0.25) is 14.2 Å². The second-order valence-corrected chi connectivity index (χ2v) is 6.68. The molecule has 2 atom stereocenters. The van der Waals surface area contributed by atoms with Crippen molar-refractivity contribution < 1.29 is 4.79 Å². The second kappa shape index (κ2) is 5.43. The normalized spacial score (nSPS) is 25.4. The highest BCUT2D eigenvalue weighted by Crippen LogP contribution is 2.39. The third-order valence-corrected chi connectivity index (χ3v) is 4.91. The maximum Gasteiger partial charge on any atom is 0.276 e. The highest BCUT2D eigenvalue weighted by molar-refractivity contribution is 5.95. The Balaban J connectivity index is 1.80. The van der Waals surface area contributed by atoms with Crippen molar-refractivity contribution in [1.82, 2.24) is 19.9 Å². The fourth-order valence-electron chi connectivity index (χ4n) is 3.91. The molecule has 0 bridgehead atoms. The molecular formula is C17H19N5O2. The molecule has 1 unspecified atom stereocenters. The summed E-state index contributed by atoms with van der Waals surface area (Å²) in [5.74, 6) is 0.844. The Bertz CT molecular complexity index is 848. The zero-order valence-electron chi connectivity index (χ0n) is 13.5. The lowest BCUT2D eigenvalue weighted by atomic mass is 9.82. The molecule has 124 valence electrons. The molecule has 0 radical (unpaired) electrons. The molecule has 3 heterocycles. The smallest absolute Gasteiger partial charge is 0.276 e. The van der Waals surface area contributed by atoms with Crippen LogP contribution in [-0.4, -0.2) is 20.4 Å². The Kier molecular flexibility index (Phi) is 3.37. The van der Waals surface area contributed by atoms with Gasteiger partial charge in [-0.25, -0.2) is 9.97 Å². The van der Waals surface area contributed by atoms with E-state index < -0.39 is 5.66 Å². The van der Waals surface area contributed by atoms with Crippen LogP contribution in [0.4, 0.5) is 11.5 Å². The molecule has 1 spiro atoms. The van der Waals surface area contributed by atoms with Crippen molar-refractivity contribution in [1.29, 1.82) is 0 Å². The first-order valence-electron chi connectivity index (χ1n) is 8.21. The molecule has 1 amide bonds. The van der Waals surface area contributed by atoms with Crippen LogP contribution in [0.25, 0.3) is 0 Å². The van der Waals surface area contributed by atoms with Crippen molar-refractivity contribution in [2.24, 2.45) is 5.92 Å². The number of aromatic nitrogens is 3. The van der Waals surface area contributed by atoms with Gasteiger partial charge in [0.2, 0.25) is 0 Å². The van der Waals surface area contributed by atoms with Crippen molar-refractivity contribution >= 4 is 17.4 Å². The number of nitrogens with one attached hydrogen (secondary N) is 2. The first kappa shape index (κ1) is 14.9. The SMILES string of the molecule is C[C@H]1CCCC2(C1)NC(=O)c1ccc(Nc3ccncn3)c(=O)n12. The third-order valence-electron chi connectivity index (χ3n) is 4.91. The van der Waals surface area contributed by atoms with Crippen LogP contribution in [0.3, 0.4) is 0 Å². The molecule has 1 fully saturated rings. The Hall–Kier alpha value is -2.70. The molecular weight excluding hydrogens is 306 g/mol. The largest absolute Gasteiger partial charge is 0.336 e. The zero-order valence-corrected chi connectivity index (χ0v) is 13.5. The summed E-state index contributed by atoms with van der Waals surface area (Å²) in [6.45, 7) is 2.17. The third kappa shape index (κ3) is 2.28. The molecule has 7 heteroatoms. The summed E-state index contributed by atoms with van der Waals surface area (Å²) in [6.07, 6.45) is 6.71. The molecule has 2 N–H and O–H groups in total. The van der Waals surface area contributed by atoms with Crippen LogP contribution in [0, 0.1) is 5.92 Å². The van der Waals surface area contributed by atoms with Crippen molar-refractivity contribution in [3.63, 3.8) is 0 Å². The van der Waals surface area contributed by atoms with Crippen LogP contribution in [0.2, 0.25) is 0 Å². The fraction of sp³-hybridized carbons (Fsp3) is 0.412. The Morgan fingerprint density at radius 3 is 2.96 bits per heavy atom. The average molecular weight is 325 g/mol. The van der Waals surface area contributed by atoms with E-state index in [2.05, 4.69) is 27.5 Å². The van der Waals surface area contributed by atoms with Gasteiger partial charge in [0.1, 0.15) is 29.2 Å². The van der Waals surface area contributed by atoms with Gasteiger partial charge >= 0.3 is 0 Å². The second-order valence-electron chi connectivity index (χ2n) is 6.68. The minimum Gasteiger partial charge on any atom is -0.336 e. The standard InChI is InChI=1S/C17H19N5O2/c1-11-3-2-7-17(9-11)21-15(23)13-5-4-12(16(24)22(13)17)20-14-6-8-18-10-19-14/h4-6,8,10-11H,2-3,7,9H2,1H3,(H,21,23)(H,18,19,20)/t11-,17?/m0/s1. The first-order chi connectivity index (χ1) is 11.6. The molecule has 1 aliphatic carbocycles. The van der Waals surface area contributed by atoms with E-state index >= 15 is 0 Å². The summed E-state index contributed by atoms with van der Waals surface area (Å²) < 4.78 is 1.65. The van der Waals surface area contributed by atoms with E-state index in [1.165, 1.54) is 6.33 Å². The van der Waals surface area contributed by atoms with E-state index in [-0.39, 0.29) is 11.5 Å². The number of hydrogen-bond acceptors (Lipinski definition) is 5. The monoisotopic (exact) mass is 325 g/mol. The summed E-state index contributed by atoms with van der Waals surface area (Å²) in [5, 5.41) is 6.09. The number of anilines is 2.